The molecule has 4 aromatic rings. The fourth-order valence-electron chi connectivity index (χ4n) is 2.63. The van der Waals surface area contributed by atoms with Crippen LogP contribution in [0.1, 0.15) is 11.4 Å². The first-order valence-electron chi connectivity index (χ1n) is 7.67. The van der Waals surface area contributed by atoms with E-state index >= 15 is 0 Å². The third-order valence-corrected chi connectivity index (χ3v) is 3.78. The lowest BCUT2D eigenvalue weighted by atomic mass is 10.2. The van der Waals surface area contributed by atoms with E-state index in [4.69, 9.17) is 0 Å². The van der Waals surface area contributed by atoms with Crippen molar-refractivity contribution < 1.29 is 0 Å². The van der Waals surface area contributed by atoms with E-state index in [2.05, 4.69) is 25.4 Å². The highest BCUT2D eigenvalue weighted by Crippen LogP contribution is 2.24. The predicted molar refractivity (Wildman–Crippen MR) is 93.7 cm³/mol. The third-order valence-electron chi connectivity index (χ3n) is 3.78. The van der Waals surface area contributed by atoms with E-state index in [0.29, 0.717) is 0 Å². The molecule has 3 aromatic heterocycles. The predicted octanol–water partition coefficient (Wildman–Crippen LogP) is 3.57. The fourth-order valence-corrected chi connectivity index (χ4v) is 2.63. The van der Waals surface area contributed by atoms with Crippen molar-refractivity contribution in [3.63, 3.8) is 0 Å². The number of para-hydroxylation sites is 1. The Hall–Kier alpha value is -3.28. The number of pyridine rings is 1. The molecule has 0 aliphatic heterocycles. The molecule has 3 heterocycles. The second-order valence-electron chi connectivity index (χ2n) is 5.60. The molecule has 6 nitrogen and oxygen atoms in total. The summed E-state index contributed by atoms with van der Waals surface area (Å²) in [6.45, 7) is 3.92. The number of fused-ring (bicyclic) bond motifs is 1. The molecule has 6 heteroatoms. The molecule has 4 rings (SSSR count). The lowest BCUT2D eigenvalue weighted by Crippen LogP contribution is -1.98. The van der Waals surface area contributed by atoms with Crippen LogP contribution in [0.5, 0.6) is 0 Å². The van der Waals surface area contributed by atoms with Crippen LogP contribution in [0.4, 0.5) is 11.5 Å². The molecule has 0 aliphatic rings. The standard InChI is InChI=1S/C18H16N6/c1-12-8-17(21-11-20-12)22-14-9-16-13(2)23-24(18(16)19-10-14)15-6-4-3-5-7-15/h3-11H,1-2H3,(H,20,21,22). The van der Waals surface area contributed by atoms with E-state index < -0.39 is 0 Å². The summed E-state index contributed by atoms with van der Waals surface area (Å²) in [5.74, 6) is 0.747. The topological polar surface area (TPSA) is 68.5 Å². The van der Waals surface area contributed by atoms with Crippen LogP contribution in [0.15, 0.2) is 55.0 Å². The number of anilines is 2. The first-order chi connectivity index (χ1) is 11.7. The van der Waals surface area contributed by atoms with Gasteiger partial charge in [-0.05, 0) is 32.0 Å². The van der Waals surface area contributed by atoms with Crippen LogP contribution in [-0.4, -0.2) is 24.7 Å². The normalized spacial score (nSPS) is 10.9. The van der Waals surface area contributed by atoms with Crippen molar-refractivity contribution in [3.8, 4) is 5.69 Å². The van der Waals surface area contributed by atoms with E-state index in [1.54, 1.807) is 12.5 Å². The molecule has 0 saturated heterocycles. The monoisotopic (exact) mass is 316 g/mol. The van der Waals surface area contributed by atoms with Crippen LogP contribution in [0.3, 0.4) is 0 Å². The quantitative estimate of drug-likeness (QED) is 0.626. The number of rotatable bonds is 3. The number of benzene rings is 1. The van der Waals surface area contributed by atoms with Gasteiger partial charge in [0.25, 0.3) is 0 Å². The Bertz CT molecular complexity index is 1010. The van der Waals surface area contributed by atoms with Crippen LogP contribution >= 0.6 is 0 Å². The van der Waals surface area contributed by atoms with Gasteiger partial charge in [0.1, 0.15) is 12.1 Å². The van der Waals surface area contributed by atoms with Crippen molar-refractivity contribution in [3.05, 3.63) is 66.4 Å². The van der Waals surface area contributed by atoms with Crippen LogP contribution in [-0.2, 0) is 0 Å². The second-order valence-corrected chi connectivity index (χ2v) is 5.60. The highest BCUT2D eigenvalue weighted by Gasteiger charge is 2.11. The summed E-state index contributed by atoms with van der Waals surface area (Å²) in [5.41, 5.74) is 4.55. The molecule has 0 radical (unpaired) electrons. The highest BCUT2D eigenvalue weighted by molar-refractivity contribution is 5.83. The lowest BCUT2D eigenvalue weighted by Gasteiger charge is -2.06. The molecule has 0 bridgehead atoms. The zero-order chi connectivity index (χ0) is 16.5. The van der Waals surface area contributed by atoms with Crippen molar-refractivity contribution >= 4 is 22.5 Å². The maximum Gasteiger partial charge on any atom is 0.163 e. The van der Waals surface area contributed by atoms with Gasteiger partial charge in [0, 0.05) is 17.1 Å². The zero-order valence-corrected chi connectivity index (χ0v) is 13.4. The fraction of sp³-hybridized carbons (Fsp3) is 0.111. The van der Waals surface area contributed by atoms with Gasteiger partial charge in [-0.25, -0.2) is 19.6 Å². The number of hydrogen-bond acceptors (Lipinski definition) is 5. The highest BCUT2D eigenvalue weighted by atomic mass is 15.3. The Morgan fingerprint density at radius 3 is 2.58 bits per heavy atom. The molecule has 118 valence electrons. The van der Waals surface area contributed by atoms with Crippen LogP contribution in [0.25, 0.3) is 16.7 Å². The summed E-state index contributed by atoms with van der Waals surface area (Å²) < 4.78 is 1.86. The van der Waals surface area contributed by atoms with Crippen molar-refractivity contribution in [1.82, 2.24) is 24.7 Å². The van der Waals surface area contributed by atoms with Crippen LogP contribution < -0.4 is 5.32 Å². The van der Waals surface area contributed by atoms with Gasteiger partial charge >= 0.3 is 0 Å². The van der Waals surface area contributed by atoms with E-state index in [1.807, 2.05) is 61.0 Å². The minimum absolute atomic E-state index is 0.747. The van der Waals surface area contributed by atoms with Gasteiger partial charge < -0.3 is 5.32 Å². The lowest BCUT2D eigenvalue weighted by molar-refractivity contribution is 0.878. The molecule has 1 N–H and O–H groups in total. The summed E-state index contributed by atoms with van der Waals surface area (Å²) in [6.07, 6.45) is 3.34. The average Bonchev–Trinajstić information content (AvgIpc) is 2.92. The van der Waals surface area contributed by atoms with Gasteiger partial charge in [0.2, 0.25) is 0 Å². The van der Waals surface area contributed by atoms with Crippen molar-refractivity contribution in [1.29, 1.82) is 0 Å². The molecule has 0 fully saturated rings. The Morgan fingerprint density at radius 2 is 1.79 bits per heavy atom. The van der Waals surface area contributed by atoms with Gasteiger partial charge in [-0.15, -0.1) is 0 Å². The summed E-state index contributed by atoms with van der Waals surface area (Å²) in [5, 5.41) is 8.89. The maximum atomic E-state index is 4.62. The number of nitrogens with one attached hydrogen (secondary N) is 1. The van der Waals surface area contributed by atoms with E-state index in [9.17, 15) is 0 Å². The summed E-state index contributed by atoms with van der Waals surface area (Å²) in [6, 6.07) is 13.9. The van der Waals surface area contributed by atoms with Crippen molar-refractivity contribution in [2.45, 2.75) is 13.8 Å². The minimum Gasteiger partial charge on any atom is -0.339 e. The van der Waals surface area contributed by atoms with Gasteiger partial charge in [0.15, 0.2) is 5.65 Å². The molecule has 0 saturated carbocycles. The molecule has 0 spiro atoms. The number of aromatic nitrogens is 5. The smallest absolute Gasteiger partial charge is 0.163 e. The van der Waals surface area contributed by atoms with Crippen LogP contribution in [0.2, 0.25) is 0 Å². The molecule has 0 amide bonds. The van der Waals surface area contributed by atoms with Crippen molar-refractivity contribution in [2.75, 3.05) is 5.32 Å². The number of aryl methyl sites for hydroxylation is 2. The molecule has 0 aliphatic carbocycles. The van der Waals surface area contributed by atoms with E-state index in [0.717, 1.165) is 39.6 Å². The molecule has 0 atom stereocenters. The van der Waals surface area contributed by atoms with Gasteiger partial charge in [-0.1, -0.05) is 18.2 Å². The summed E-state index contributed by atoms with van der Waals surface area (Å²) in [4.78, 5) is 12.9. The van der Waals surface area contributed by atoms with E-state index in [-0.39, 0.29) is 0 Å². The molecule has 0 unspecified atom stereocenters. The first-order valence-corrected chi connectivity index (χ1v) is 7.67. The number of nitrogens with zero attached hydrogens (tertiary/aromatic N) is 5. The Kier molecular flexibility index (Phi) is 3.42. The second kappa shape index (κ2) is 5.73. The zero-order valence-electron chi connectivity index (χ0n) is 13.4. The minimum atomic E-state index is 0.747. The van der Waals surface area contributed by atoms with Crippen LogP contribution in [0, 0.1) is 13.8 Å². The molecule has 24 heavy (non-hydrogen) atoms. The van der Waals surface area contributed by atoms with Gasteiger partial charge in [-0.3, -0.25) is 0 Å². The maximum absolute atomic E-state index is 4.62. The van der Waals surface area contributed by atoms with Gasteiger partial charge in [0.05, 0.1) is 23.3 Å². The number of hydrogen-bond donors (Lipinski definition) is 1. The van der Waals surface area contributed by atoms with Crippen molar-refractivity contribution in [2.24, 2.45) is 0 Å². The SMILES string of the molecule is Cc1cc(Nc2cnc3c(c2)c(C)nn3-c2ccccc2)ncn1. The molecular formula is C18H16N6. The van der Waals surface area contributed by atoms with E-state index in [1.165, 1.54) is 0 Å². The average molecular weight is 316 g/mol. The Balaban J connectivity index is 1.75. The largest absolute Gasteiger partial charge is 0.339 e. The first kappa shape index (κ1) is 14.3. The molecule has 1 aromatic carbocycles. The Morgan fingerprint density at radius 1 is 0.958 bits per heavy atom. The third kappa shape index (κ3) is 2.58. The Labute approximate surface area is 139 Å². The summed E-state index contributed by atoms with van der Waals surface area (Å²) in [7, 11) is 0. The molecular weight excluding hydrogens is 300 g/mol. The van der Waals surface area contributed by atoms with Gasteiger partial charge in [-0.2, -0.15) is 5.10 Å². The summed E-state index contributed by atoms with van der Waals surface area (Å²) >= 11 is 0.